The number of anilines is 1. The number of benzene rings is 1. The van der Waals surface area contributed by atoms with Crippen molar-refractivity contribution in [1.82, 2.24) is 0 Å². The summed E-state index contributed by atoms with van der Waals surface area (Å²) in [7, 11) is 0. The van der Waals surface area contributed by atoms with Gasteiger partial charge in [0.25, 0.3) is 0 Å². The molecule has 1 atom stereocenters. The summed E-state index contributed by atoms with van der Waals surface area (Å²) in [6.07, 6.45) is 1.72. The van der Waals surface area contributed by atoms with Crippen molar-refractivity contribution in [3.63, 3.8) is 0 Å². The lowest BCUT2D eigenvalue weighted by Gasteiger charge is -2.33. The maximum atomic E-state index is 8.80. The molecule has 0 aromatic heterocycles. The Morgan fingerprint density at radius 3 is 2.65 bits per heavy atom. The second kappa shape index (κ2) is 4.58. The van der Waals surface area contributed by atoms with Crippen molar-refractivity contribution in [3.8, 4) is 6.07 Å². The fourth-order valence-corrected chi connectivity index (χ4v) is 2.85. The normalized spacial score (nSPS) is 22.5. The molecule has 1 aliphatic heterocycles. The Balaban J connectivity index is 2.21. The van der Waals surface area contributed by atoms with Gasteiger partial charge >= 0.3 is 0 Å². The van der Waals surface area contributed by atoms with E-state index in [-0.39, 0.29) is 5.54 Å². The largest absolute Gasteiger partial charge is 0.366 e. The van der Waals surface area contributed by atoms with E-state index in [1.54, 1.807) is 0 Å². The van der Waals surface area contributed by atoms with Gasteiger partial charge in [-0.2, -0.15) is 5.26 Å². The van der Waals surface area contributed by atoms with Crippen molar-refractivity contribution in [3.05, 3.63) is 29.3 Å². The zero-order valence-corrected chi connectivity index (χ0v) is 11.0. The molecule has 1 unspecified atom stereocenters. The molecule has 0 amide bonds. The fourth-order valence-electron chi connectivity index (χ4n) is 2.73. The molecule has 1 aromatic rings. The van der Waals surface area contributed by atoms with Crippen LogP contribution in [0, 0.1) is 17.2 Å². The Bertz CT molecular complexity index is 431. The van der Waals surface area contributed by atoms with Gasteiger partial charge in [0.15, 0.2) is 0 Å². The second-order valence-electron chi connectivity index (χ2n) is 5.33. The molecule has 1 saturated heterocycles. The molecular formula is C14H17ClN2. The average Bonchev–Trinajstić information content (AvgIpc) is 2.55. The summed E-state index contributed by atoms with van der Waals surface area (Å²) in [6.45, 7) is 5.43. The lowest BCUT2D eigenvalue weighted by molar-refractivity contribution is 0.476. The number of rotatable bonds is 2. The van der Waals surface area contributed by atoms with Crippen LogP contribution < -0.4 is 4.90 Å². The molecule has 1 aromatic carbocycles. The van der Waals surface area contributed by atoms with Crippen molar-refractivity contribution in [2.75, 3.05) is 11.4 Å². The summed E-state index contributed by atoms with van der Waals surface area (Å²) in [5.74, 6) is 0.477. The van der Waals surface area contributed by atoms with Crippen LogP contribution in [0.15, 0.2) is 24.3 Å². The molecule has 0 bridgehead atoms. The summed E-state index contributed by atoms with van der Waals surface area (Å²) in [4.78, 5) is 2.38. The van der Waals surface area contributed by atoms with Crippen molar-refractivity contribution in [1.29, 1.82) is 5.26 Å². The minimum Gasteiger partial charge on any atom is -0.366 e. The molecule has 1 aliphatic rings. The Morgan fingerprint density at radius 1 is 1.41 bits per heavy atom. The van der Waals surface area contributed by atoms with E-state index in [2.05, 4.69) is 36.9 Å². The molecule has 2 nitrogen and oxygen atoms in total. The van der Waals surface area contributed by atoms with Gasteiger partial charge in [-0.3, -0.25) is 0 Å². The van der Waals surface area contributed by atoms with Gasteiger partial charge in [-0.1, -0.05) is 11.6 Å². The molecule has 90 valence electrons. The molecule has 1 fully saturated rings. The molecule has 3 heteroatoms. The lowest BCUT2D eigenvalue weighted by atomic mass is 9.95. The lowest BCUT2D eigenvalue weighted by Crippen LogP contribution is -2.38. The zero-order valence-electron chi connectivity index (χ0n) is 10.3. The smallest absolute Gasteiger partial charge is 0.0625 e. The van der Waals surface area contributed by atoms with E-state index in [0.717, 1.165) is 18.0 Å². The Hall–Kier alpha value is -1.20. The van der Waals surface area contributed by atoms with E-state index < -0.39 is 0 Å². The molecule has 0 saturated carbocycles. The van der Waals surface area contributed by atoms with Crippen LogP contribution in [0.4, 0.5) is 5.69 Å². The maximum Gasteiger partial charge on any atom is 0.0625 e. The molecule has 2 rings (SSSR count). The van der Waals surface area contributed by atoms with Gasteiger partial charge < -0.3 is 4.90 Å². The zero-order chi connectivity index (χ0) is 12.5. The Morgan fingerprint density at radius 2 is 2.06 bits per heavy atom. The van der Waals surface area contributed by atoms with Crippen LogP contribution in [0.25, 0.3) is 0 Å². The average molecular weight is 249 g/mol. The van der Waals surface area contributed by atoms with E-state index in [1.807, 2.05) is 12.1 Å². The van der Waals surface area contributed by atoms with E-state index >= 15 is 0 Å². The van der Waals surface area contributed by atoms with Gasteiger partial charge in [-0.05, 0) is 50.5 Å². The number of hydrogen-bond donors (Lipinski definition) is 0. The van der Waals surface area contributed by atoms with E-state index in [4.69, 9.17) is 16.9 Å². The molecule has 0 radical (unpaired) electrons. The summed E-state index contributed by atoms with van der Waals surface area (Å²) in [6, 6.07) is 10.2. The topological polar surface area (TPSA) is 27.0 Å². The second-order valence-corrected chi connectivity index (χ2v) is 5.77. The molecule has 1 heterocycles. The highest BCUT2D eigenvalue weighted by molar-refractivity contribution is 6.30. The number of nitriles is 1. The summed E-state index contributed by atoms with van der Waals surface area (Å²) >= 11 is 5.91. The summed E-state index contributed by atoms with van der Waals surface area (Å²) in [5, 5.41) is 9.57. The third-order valence-corrected chi connectivity index (χ3v) is 3.73. The van der Waals surface area contributed by atoms with Crippen LogP contribution in [0.2, 0.25) is 5.02 Å². The number of halogens is 1. The molecule has 17 heavy (non-hydrogen) atoms. The van der Waals surface area contributed by atoms with Crippen molar-refractivity contribution >= 4 is 17.3 Å². The van der Waals surface area contributed by atoms with Crippen molar-refractivity contribution < 1.29 is 0 Å². The number of nitrogens with zero attached hydrogens (tertiary/aromatic N) is 2. The third kappa shape index (κ3) is 2.56. The maximum absolute atomic E-state index is 8.80. The first kappa shape index (κ1) is 12.3. The van der Waals surface area contributed by atoms with Gasteiger partial charge in [-0.15, -0.1) is 0 Å². The predicted octanol–water partition coefficient (Wildman–Crippen LogP) is 3.86. The monoisotopic (exact) mass is 248 g/mol. The SMILES string of the molecule is CC1(C)CC(CC#N)CN1c1ccc(Cl)cc1. The Labute approximate surface area is 108 Å². The highest BCUT2D eigenvalue weighted by Crippen LogP contribution is 2.38. The van der Waals surface area contributed by atoms with Crippen molar-refractivity contribution in [2.45, 2.75) is 32.2 Å². The first-order chi connectivity index (χ1) is 8.03. The summed E-state index contributed by atoms with van der Waals surface area (Å²) < 4.78 is 0. The molecule has 0 aliphatic carbocycles. The van der Waals surface area contributed by atoms with E-state index in [1.165, 1.54) is 5.69 Å². The minimum absolute atomic E-state index is 0.120. The first-order valence-electron chi connectivity index (χ1n) is 5.93. The number of hydrogen-bond acceptors (Lipinski definition) is 2. The highest BCUT2D eigenvalue weighted by Gasteiger charge is 2.38. The molecule has 0 spiro atoms. The van der Waals surface area contributed by atoms with Crippen LogP contribution in [0.1, 0.15) is 26.7 Å². The van der Waals surface area contributed by atoms with Gasteiger partial charge in [0.1, 0.15) is 0 Å². The first-order valence-corrected chi connectivity index (χ1v) is 6.31. The quantitative estimate of drug-likeness (QED) is 0.795. The predicted molar refractivity (Wildman–Crippen MR) is 71.2 cm³/mol. The van der Waals surface area contributed by atoms with Crippen LogP contribution in [0.5, 0.6) is 0 Å². The van der Waals surface area contributed by atoms with Gasteiger partial charge in [0.05, 0.1) is 6.07 Å². The standard InChI is InChI=1S/C14H17ClN2/c1-14(2)9-11(7-8-16)10-17(14)13-5-3-12(15)4-6-13/h3-6,11H,7,9-10H2,1-2H3. The molecule has 0 N–H and O–H groups in total. The van der Waals surface area contributed by atoms with Crippen LogP contribution >= 0.6 is 11.6 Å². The van der Waals surface area contributed by atoms with Gasteiger partial charge in [0.2, 0.25) is 0 Å². The van der Waals surface area contributed by atoms with Crippen LogP contribution in [-0.2, 0) is 0 Å². The minimum atomic E-state index is 0.120. The van der Waals surface area contributed by atoms with Crippen LogP contribution in [-0.4, -0.2) is 12.1 Å². The van der Waals surface area contributed by atoms with Gasteiger partial charge in [0, 0.05) is 29.2 Å². The fraction of sp³-hybridized carbons (Fsp3) is 0.500. The van der Waals surface area contributed by atoms with E-state index in [9.17, 15) is 0 Å². The van der Waals surface area contributed by atoms with E-state index in [0.29, 0.717) is 12.3 Å². The Kier molecular flexibility index (Phi) is 3.31. The molecular weight excluding hydrogens is 232 g/mol. The van der Waals surface area contributed by atoms with Crippen molar-refractivity contribution in [2.24, 2.45) is 5.92 Å². The summed E-state index contributed by atoms with van der Waals surface area (Å²) in [5.41, 5.74) is 1.31. The van der Waals surface area contributed by atoms with Crippen LogP contribution in [0.3, 0.4) is 0 Å². The van der Waals surface area contributed by atoms with Gasteiger partial charge in [-0.25, -0.2) is 0 Å². The highest BCUT2D eigenvalue weighted by atomic mass is 35.5. The third-order valence-electron chi connectivity index (χ3n) is 3.48.